The van der Waals surface area contributed by atoms with Crippen LogP contribution in [0.3, 0.4) is 0 Å². The summed E-state index contributed by atoms with van der Waals surface area (Å²) in [7, 11) is 3.10. The Morgan fingerprint density at radius 1 is 1.07 bits per heavy atom. The summed E-state index contributed by atoms with van der Waals surface area (Å²) < 4.78 is 17.5. The Kier molecular flexibility index (Phi) is 4.29. The molecule has 2 aromatic carbocycles. The van der Waals surface area contributed by atoms with Gasteiger partial charge in [-0.1, -0.05) is 23.4 Å². The zero-order valence-electron chi connectivity index (χ0n) is 14.7. The van der Waals surface area contributed by atoms with Crippen LogP contribution in [0, 0.1) is 0 Å². The Labute approximate surface area is 154 Å². The second-order valence-electron chi connectivity index (χ2n) is 5.75. The number of hydrogen-bond acceptors (Lipinski definition) is 7. The first-order chi connectivity index (χ1) is 13.2. The fraction of sp³-hybridized carbons (Fsp3) is 0.158. The fourth-order valence-corrected chi connectivity index (χ4v) is 2.85. The number of nitrogens with zero attached hydrogens (tertiary/aromatic N) is 4. The van der Waals surface area contributed by atoms with Gasteiger partial charge in [-0.3, -0.25) is 9.36 Å². The van der Waals surface area contributed by atoms with Crippen molar-refractivity contribution in [3.63, 3.8) is 0 Å². The molecule has 27 heavy (non-hydrogen) atoms. The maximum atomic E-state index is 12.6. The zero-order chi connectivity index (χ0) is 18.8. The minimum atomic E-state index is -0.161. The number of aromatic nitrogens is 4. The molecular weight excluding hydrogens is 348 g/mol. The molecule has 0 unspecified atom stereocenters. The summed E-state index contributed by atoms with van der Waals surface area (Å²) in [5.74, 6) is 1.70. The molecule has 8 heteroatoms. The van der Waals surface area contributed by atoms with Gasteiger partial charge >= 0.3 is 0 Å². The lowest BCUT2D eigenvalue weighted by Gasteiger charge is -2.09. The Morgan fingerprint density at radius 2 is 1.93 bits per heavy atom. The van der Waals surface area contributed by atoms with Gasteiger partial charge in [0.25, 0.3) is 11.4 Å². The monoisotopic (exact) mass is 364 g/mol. The molecule has 0 aliphatic carbocycles. The van der Waals surface area contributed by atoms with Gasteiger partial charge in [-0.25, -0.2) is 4.98 Å². The van der Waals surface area contributed by atoms with E-state index in [1.165, 1.54) is 10.9 Å². The summed E-state index contributed by atoms with van der Waals surface area (Å²) >= 11 is 0. The molecule has 0 amide bonds. The van der Waals surface area contributed by atoms with E-state index in [1.807, 2.05) is 6.07 Å². The number of methoxy groups -OCH3 is 2. The van der Waals surface area contributed by atoms with Gasteiger partial charge < -0.3 is 14.0 Å². The molecule has 4 aromatic rings. The quantitative estimate of drug-likeness (QED) is 0.537. The minimum absolute atomic E-state index is 0.145. The topological polar surface area (TPSA) is 92.3 Å². The van der Waals surface area contributed by atoms with Gasteiger partial charge in [0, 0.05) is 0 Å². The van der Waals surface area contributed by atoms with Gasteiger partial charge in [0.15, 0.2) is 17.3 Å². The van der Waals surface area contributed by atoms with Crippen LogP contribution in [0.1, 0.15) is 5.82 Å². The van der Waals surface area contributed by atoms with E-state index >= 15 is 0 Å². The normalized spacial score (nSPS) is 10.9. The molecule has 0 bridgehead atoms. The van der Waals surface area contributed by atoms with Crippen LogP contribution in [0.5, 0.6) is 11.5 Å². The first-order valence-electron chi connectivity index (χ1n) is 8.19. The Morgan fingerprint density at radius 3 is 2.74 bits per heavy atom. The van der Waals surface area contributed by atoms with E-state index in [-0.39, 0.29) is 18.0 Å². The molecule has 0 spiro atoms. The molecular formula is C19H16N4O4. The van der Waals surface area contributed by atoms with Crippen LogP contribution in [-0.2, 0) is 6.54 Å². The predicted molar refractivity (Wildman–Crippen MR) is 97.9 cm³/mol. The van der Waals surface area contributed by atoms with Gasteiger partial charge in [0.2, 0.25) is 0 Å². The third kappa shape index (κ3) is 3.01. The SMILES string of the molecule is COc1cccc(-c2nc(Cn3cnc4ccccc4c3=O)no2)c1OC. The third-order valence-electron chi connectivity index (χ3n) is 4.14. The molecule has 136 valence electrons. The lowest BCUT2D eigenvalue weighted by Crippen LogP contribution is -2.21. The maximum Gasteiger partial charge on any atom is 0.261 e. The molecule has 0 atom stereocenters. The van der Waals surface area contributed by atoms with Crippen molar-refractivity contribution in [2.75, 3.05) is 14.2 Å². The van der Waals surface area contributed by atoms with Crippen LogP contribution >= 0.6 is 0 Å². The van der Waals surface area contributed by atoms with Gasteiger partial charge in [-0.2, -0.15) is 4.98 Å². The van der Waals surface area contributed by atoms with E-state index in [0.29, 0.717) is 33.8 Å². The summed E-state index contributed by atoms with van der Waals surface area (Å²) in [6, 6.07) is 12.6. The van der Waals surface area contributed by atoms with Crippen LogP contribution in [0.25, 0.3) is 22.4 Å². The largest absolute Gasteiger partial charge is 0.493 e. The summed E-state index contributed by atoms with van der Waals surface area (Å²) in [5, 5.41) is 4.51. The molecule has 0 radical (unpaired) electrons. The van der Waals surface area contributed by atoms with Crippen molar-refractivity contribution in [2.24, 2.45) is 0 Å². The average Bonchev–Trinajstić information content (AvgIpc) is 3.18. The van der Waals surface area contributed by atoms with Crippen molar-refractivity contribution >= 4 is 10.9 Å². The highest BCUT2D eigenvalue weighted by Gasteiger charge is 2.17. The van der Waals surface area contributed by atoms with Crippen LogP contribution in [0.2, 0.25) is 0 Å². The number of para-hydroxylation sites is 2. The highest BCUT2D eigenvalue weighted by Crippen LogP contribution is 2.36. The van der Waals surface area contributed by atoms with E-state index in [1.54, 1.807) is 50.6 Å². The highest BCUT2D eigenvalue weighted by atomic mass is 16.5. The fourth-order valence-electron chi connectivity index (χ4n) is 2.85. The maximum absolute atomic E-state index is 12.6. The number of fused-ring (bicyclic) bond motifs is 1. The lowest BCUT2D eigenvalue weighted by atomic mass is 10.2. The summed E-state index contributed by atoms with van der Waals surface area (Å²) in [6.07, 6.45) is 1.48. The smallest absolute Gasteiger partial charge is 0.261 e. The second-order valence-corrected chi connectivity index (χ2v) is 5.75. The van der Waals surface area contributed by atoms with Gasteiger partial charge in [0.1, 0.15) is 0 Å². The van der Waals surface area contributed by atoms with Crippen LogP contribution in [0.15, 0.2) is 58.1 Å². The standard InChI is InChI=1S/C19H16N4O4/c1-25-15-9-5-7-13(17(15)26-2)18-21-16(22-27-18)10-23-11-20-14-8-4-3-6-12(14)19(23)24/h3-9,11H,10H2,1-2H3. The molecule has 0 aliphatic heterocycles. The van der Waals surface area contributed by atoms with Crippen molar-refractivity contribution in [1.29, 1.82) is 0 Å². The molecule has 0 aliphatic rings. The molecule has 2 heterocycles. The van der Waals surface area contributed by atoms with Crippen molar-refractivity contribution < 1.29 is 14.0 Å². The zero-order valence-corrected chi connectivity index (χ0v) is 14.7. The average molecular weight is 364 g/mol. The van der Waals surface area contributed by atoms with E-state index in [2.05, 4.69) is 15.1 Å². The Hall–Kier alpha value is -3.68. The third-order valence-corrected chi connectivity index (χ3v) is 4.14. The number of hydrogen-bond donors (Lipinski definition) is 0. The van der Waals surface area contributed by atoms with Crippen molar-refractivity contribution in [1.82, 2.24) is 19.7 Å². The number of rotatable bonds is 5. The van der Waals surface area contributed by atoms with Crippen LogP contribution < -0.4 is 15.0 Å². The molecule has 0 fully saturated rings. The van der Waals surface area contributed by atoms with Crippen molar-refractivity contribution in [2.45, 2.75) is 6.54 Å². The van der Waals surface area contributed by atoms with E-state index in [0.717, 1.165) is 0 Å². The summed E-state index contributed by atoms with van der Waals surface area (Å²) in [6.45, 7) is 0.145. The van der Waals surface area contributed by atoms with E-state index in [4.69, 9.17) is 14.0 Å². The summed E-state index contributed by atoms with van der Waals surface area (Å²) in [4.78, 5) is 21.3. The van der Waals surface area contributed by atoms with E-state index < -0.39 is 0 Å². The molecule has 0 N–H and O–H groups in total. The van der Waals surface area contributed by atoms with Crippen LogP contribution in [-0.4, -0.2) is 33.9 Å². The molecule has 0 saturated carbocycles. The molecule has 0 saturated heterocycles. The Balaban J connectivity index is 1.69. The highest BCUT2D eigenvalue weighted by molar-refractivity contribution is 5.76. The van der Waals surface area contributed by atoms with Gasteiger partial charge in [-0.15, -0.1) is 0 Å². The molecule has 2 aromatic heterocycles. The number of ether oxygens (including phenoxy) is 2. The van der Waals surface area contributed by atoms with Gasteiger partial charge in [0.05, 0.1) is 43.6 Å². The first kappa shape index (κ1) is 16.8. The van der Waals surface area contributed by atoms with Gasteiger partial charge in [-0.05, 0) is 24.3 Å². The van der Waals surface area contributed by atoms with Crippen molar-refractivity contribution in [3.8, 4) is 23.0 Å². The number of benzene rings is 2. The Bertz CT molecular complexity index is 1170. The van der Waals surface area contributed by atoms with Crippen LogP contribution in [0.4, 0.5) is 0 Å². The van der Waals surface area contributed by atoms with E-state index in [9.17, 15) is 4.79 Å². The molecule has 4 rings (SSSR count). The predicted octanol–water partition coefficient (Wildman–Crippen LogP) is 2.51. The summed E-state index contributed by atoms with van der Waals surface area (Å²) in [5.41, 5.74) is 1.10. The van der Waals surface area contributed by atoms with Crippen molar-refractivity contribution in [3.05, 3.63) is 65.0 Å². The lowest BCUT2D eigenvalue weighted by molar-refractivity contribution is 0.353. The first-order valence-corrected chi connectivity index (χ1v) is 8.19. The minimum Gasteiger partial charge on any atom is -0.493 e. The second kappa shape index (κ2) is 6.91. The molecule has 8 nitrogen and oxygen atoms in total.